The number of hydrogen-bond donors (Lipinski definition) is 2. The second-order valence-corrected chi connectivity index (χ2v) is 11.2. The Labute approximate surface area is 215 Å². The molecule has 3 rings (SSSR count). The molecule has 0 radical (unpaired) electrons. The van der Waals surface area contributed by atoms with E-state index in [0.717, 1.165) is 11.1 Å². The Morgan fingerprint density at radius 2 is 1.36 bits per heavy atom. The first kappa shape index (κ1) is 27.0. The van der Waals surface area contributed by atoms with Gasteiger partial charge in [-0.25, -0.2) is 0 Å². The first-order valence-corrected chi connectivity index (χ1v) is 12.4. The van der Waals surface area contributed by atoms with Gasteiger partial charge < -0.3 is 15.4 Å². The summed E-state index contributed by atoms with van der Waals surface area (Å²) in [6, 6.07) is 23.2. The third kappa shape index (κ3) is 7.98. The lowest BCUT2D eigenvalue weighted by molar-refractivity contribution is -0.118. The number of carbonyl (C=O) groups excluding carboxylic acids is 2. The predicted molar refractivity (Wildman–Crippen MR) is 148 cm³/mol. The molecule has 0 saturated carbocycles. The van der Waals surface area contributed by atoms with E-state index in [9.17, 15) is 9.59 Å². The molecule has 0 atom stereocenters. The molecule has 0 spiro atoms. The van der Waals surface area contributed by atoms with Crippen LogP contribution >= 0.6 is 0 Å². The number of ether oxygens (including phenoxy) is 1. The van der Waals surface area contributed by atoms with Gasteiger partial charge in [-0.15, -0.1) is 0 Å². The molecule has 0 aliphatic heterocycles. The zero-order valence-electron chi connectivity index (χ0n) is 22.3. The van der Waals surface area contributed by atoms with E-state index in [1.807, 2.05) is 36.4 Å². The van der Waals surface area contributed by atoms with E-state index >= 15 is 0 Å². The third-order valence-corrected chi connectivity index (χ3v) is 5.93. The van der Waals surface area contributed by atoms with Crippen LogP contribution in [-0.4, -0.2) is 18.4 Å². The van der Waals surface area contributed by atoms with Crippen molar-refractivity contribution in [1.29, 1.82) is 0 Å². The first-order chi connectivity index (χ1) is 16.9. The van der Waals surface area contributed by atoms with Gasteiger partial charge in [0.2, 0.25) is 5.91 Å². The van der Waals surface area contributed by atoms with Crippen molar-refractivity contribution in [3.05, 3.63) is 89.5 Å². The number of anilines is 2. The van der Waals surface area contributed by atoms with Crippen LogP contribution in [0.1, 0.15) is 64.7 Å². The second kappa shape index (κ2) is 11.4. The van der Waals surface area contributed by atoms with Crippen LogP contribution in [0, 0.1) is 0 Å². The van der Waals surface area contributed by atoms with Gasteiger partial charge in [-0.1, -0.05) is 90.1 Å². The molecular formula is C31H38N2O3. The first-order valence-electron chi connectivity index (χ1n) is 12.4. The zero-order valence-corrected chi connectivity index (χ0v) is 22.3. The molecule has 0 aliphatic rings. The van der Waals surface area contributed by atoms with Gasteiger partial charge in [0.25, 0.3) is 5.91 Å². The minimum atomic E-state index is -0.262. The van der Waals surface area contributed by atoms with Crippen molar-refractivity contribution in [2.75, 3.05) is 17.2 Å². The van der Waals surface area contributed by atoms with Crippen molar-refractivity contribution in [1.82, 2.24) is 0 Å². The van der Waals surface area contributed by atoms with Gasteiger partial charge >= 0.3 is 0 Å². The Bertz CT molecular complexity index is 1190. The molecular weight excluding hydrogens is 448 g/mol. The Morgan fingerprint density at radius 3 is 1.97 bits per heavy atom. The average Bonchev–Trinajstić information content (AvgIpc) is 2.81. The standard InChI is InChI=1S/C31H38N2O3/c1-30(2,3)23-16-17-27(26(19-23)31(4,5)6)36-21-29(35)33-25-14-10-13-24(20-25)32-28(34)18-15-22-11-8-7-9-12-22/h7-14,16-17,19-20H,15,18,21H2,1-6H3,(H,32,34)(H,33,35). The van der Waals surface area contributed by atoms with Gasteiger partial charge in [0.05, 0.1) is 0 Å². The topological polar surface area (TPSA) is 67.4 Å². The molecule has 0 aliphatic carbocycles. The van der Waals surface area contributed by atoms with Gasteiger partial charge in [-0.2, -0.15) is 0 Å². The summed E-state index contributed by atoms with van der Waals surface area (Å²) < 4.78 is 5.95. The SMILES string of the molecule is CC(C)(C)c1ccc(OCC(=O)Nc2cccc(NC(=O)CCc3ccccc3)c2)c(C(C)(C)C)c1. The molecule has 36 heavy (non-hydrogen) atoms. The quantitative estimate of drug-likeness (QED) is 0.365. The number of amides is 2. The Kier molecular flexibility index (Phi) is 8.57. The minimum Gasteiger partial charge on any atom is -0.483 e. The molecule has 3 aromatic rings. The second-order valence-electron chi connectivity index (χ2n) is 11.2. The van der Waals surface area contributed by atoms with Gasteiger partial charge in [0.1, 0.15) is 5.75 Å². The van der Waals surface area contributed by atoms with Crippen LogP contribution in [0.3, 0.4) is 0 Å². The molecule has 0 fully saturated rings. The molecule has 0 bridgehead atoms. The van der Waals surface area contributed by atoms with E-state index in [1.54, 1.807) is 24.3 Å². The van der Waals surface area contributed by atoms with Gasteiger partial charge in [0.15, 0.2) is 6.61 Å². The highest BCUT2D eigenvalue weighted by Gasteiger charge is 2.23. The van der Waals surface area contributed by atoms with Crippen molar-refractivity contribution in [2.24, 2.45) is 0 Å². The van der Waals surface area contributed by atoms with Crippen LogP contribution < -0.4 is 15.4 Å². The fraction of sp³-hybridized carbons (Fsp3) is 0.355. The van der Waals surface area contributed by atoms with E-state index in [0.29, 0.717) is 30.0 Å². The minimum absolute atomic E-state index is 0.0257. The lowest BCUT2D eigenvalue weighted by Crippen LogP contribution is -2.23. The van der Waals surface area contributed by atoms with Gasteiger partial charge in [-0.05, 0) is 58.2 Å². The van der Waals surface area contributed by atoms with E-state index in [1.165, 1.54) is 5.56 Å². The van der Waals surface area contributed by atoms with Crippen LogP contribution in [-0.2, 0) is 26.8 Å². The normalized spacial score (nSPS) is 11.6. The van der Waals surface area contributed by atoms with Gasteiger partial charge in [0, 0.05) is 17.8 Å². The van der Waals surface area contributed by atoms with E-state index in [-0.39, 0.29) is 29.3 Å². The molecule has 5 nitrogen and oxygen atoms in total. The van der Waals surface area contributed by atoms with E-state index in [2.05, 4.69) is 64.3 Å². The maximum absolute atomic E-state index is 12.6. The van der Waals surface area contributed by atoms with Crippen LogP contribution in [0.15, 0.2) is 72.8 Å². The molecule has 2 N–H and O–H groups in total. The molecule has 0 saturated heterocycles. The predicted octanol–water partition coefficient (Wildman–Crippen LogP) is 6.87. The van der Waals surface area contributed by atoms with Crippen LogP contribution in [0.2, 0.25) is 0 Å². The summed E-state index contributed by atoms with van der Waals surface area (Å²) in [5.74, 6) is 0.381. The number of rotatable bonds is 8. The maximum Gasteiger partial charge on any atom is 0.262 e. The van der Waals surface area contributed by atoms with Crippen LogP contribution in [0.25, 0.3) is 0 Å². The molecule has 0 heterocycles. The molecule has 0 aromatic heterocycles. The Balaban J connectivity index is 1.58. The lowest BCUT2D eigenvalue weighted by Gasteiger charge is -2.27. The van der Waals surface area contributed by atoms with Crippen molar-refractivity contribution < 1.29 is 14.3 Å². The largest absolute Gasteiger partial charge is 0.483 e. The summed E-state index contributed by atoms with van der Waals surface area (Å²) in [4.78, 5) is 25.0. The number of benzene rings is 3. The summed E-state index contributed by atoms with van der Waals surface area (Å²) in [5.41, 5.74) is 4.56. The number of aryl methyl sites for hydroxylation is 1. The zero-order chi connectivity index (χ0) is 26.3. The van der Waals surface area contributed by atoms with E-state index < -0.39 is 0 Å². The summed E-state index contributed by atoms with van der Waals surface area (Å²) in [7, 11) is 0. The Morgan fingerprint density at radius 1 is 0.722 bits per heavy atom. The molecule has 5 heteroatoms. The monoisotopic (exact) mass is 486 g/mol. The van der Waals surface area contributed by atoms with Crippen LogP contribution in [0.4, 0.5) is 11.4 Å². The maximum atomic E-state index is 12.6. The van der Waals surface area contributed by atoms with Crippen molar-refractivity contribution >= 4 is 23.2 Å². The van der Waals surface area contributed by atoms with Crippen molar-refractivity contribution in [2.45, 2.75) is 65.2 Å². The number of nitrogens with one attached hydrogen (secondary N) is 2. The summed E-state index contributed by atoms with van der Waals surface area (Å²) in [6.45, 7) is 12.9. The average molecular weight is 487 g/mol. The van der Waals surface area contributed by atoms with Crippen molar-refractivity contribution in [3.63, 3.8) is 0 Å². The Hall–Kier alpha value is -3.60. The summed E-state index contributed by atoms with van der Waals surface area (Å²) in [5, 5.41) is 5.77. The fourth-order valence-corrected chi connectivity index (χ4v) is 3.85. The number of hydrogen-bond acceptors (Lipinski definition) is 3. The molecule has 2 amide bonds. The van der Waals surface area contributed by atoms with Gasteiger partial charge in [-0.3, -0.25) is 9.59 Å². The highest BCUT2D eigenvalue weighted by Crippen LogP contribution is 2.35. The third-order valence-electron chi connectivity index (χ3n) is 5.93. The molecule has 0 unspecified atom stereocenters. The van der Waals surface area contributed by atoms with Crippen molar-refractivity contribution in [3.8, 4) is 5.75 Å². The van der Waals surface area contributed by atoms with E-state index in [4.69, 9.17) is 4.74 Å². The molecule has 190 valence electrons. The smallest absolute Gasteiger partial charge is 0.262 e. The fourth-order valence-electron chi connectivity index (χ4n) is 3.85. The lowest BCUT2D eigenvalue weighted by atomic mass is 9.80. The highest BCUT2D eigenvalue weighted by atomic mass is 16.5. The summed E-state index contributed by atoms with van der Waals surface area (Å²) in [6.07, 6.45) is 1.06. The van der Waals surface area contributed by atoms with Crippen LogP contribution in [0.5, 0.6) is 5.75 Å². The number of carbonyl (C=O) groups is 2. The summed E-state index contributed by atoms with van der Waals surface area (Å²) >= 11 is 0. The molecule has 3 aromatic carbocycles. The highest BCUT2D eigenvalue weighted by molar-refractivity contribution is 5.94.